The minimum absolute atomic E-state index is 0.0965. The molecule has 0 aliphatic heterocycles. The van der Waals surface area contributed by atoms with E-state index in [1.54, 1.807) is 0 Å². The Balaban J connectivity index is 1.91. The molecule has 3 N–H and O–H groups in total. The molecule has 0 saturated carbocycles. The number of benzene rings is 1. The summed E-state index contributed by atoms with van der Waals surface area (Å²) < 4.78 is 0. The number of hydrogen-bond donors (Lipinski definition) is 3. The molecule has 0 fully saturated rings. The second kappa shape index (κ2) is 7.24. The van der Waals surface area contributed by atoms with Crippen molar-refractivity contribution < 1.29 is 4.79 Å². The van der Waals surface area contributed by atoms with Gasteiger partial charge in [0.2, 0.25) is 5.91 Å². The van der Waals surface area contributed by atoms with Gasteiger partial charge in [0.15, 0.2) is 5.11 Å². The Kier molecular flexibility index (Phi) is 5.36. The lowest BCUT2D eigenvalue weighted by atomic mass is 10.1. The van der Waals surface area contributed by atoms with Gasteiger partial charge in [0.25, 0.3) is 0 Å². The van der Waals surface area contributed by atoms with E-state index in [2.05, 4.69) is 22.0 Å². The van der Waals surface area contributed by atoms with Gasteiger partial charge in [-0.15, -0.1) is 0 Å². The lowest BCUT2D eigenvalue weighted by Crippen LogP contribution is -2.27. The predicted octanol–water partition coefficient (Wildman–Crippen LogP) is 3.73. The summed E-state index contributed by atoms with van der Waals surface area (Å²) >= 11 is 11.2. The third-order valence-corrected chi connectivity index (χ3v) is 3.28. The molecule has 1 aromatic rings. The van der Waals surface area contributed by atoms with Crippen LogP contribution in [0.5, 0.6) is 0 Å². The summed E-state index contributed by atoms with van der Waals surface area (Å²) in [4.78, 5) is 10.9. The summed E-state index contributed by atoms with van der Waals surface area (Å²) in [6, 6.07) is 7.31. The Hall–Kier alpha value is -1.85. The first kappa shape index (κ1) is 15.5. The average Bonchev–Trinajstić information content (AvgIpc) is 2.40. The first-order valence-electron chi connectivity index (χ1n) is 6.55. The van der Waals surface area contributed by atoms with Gasteiger partial charge in [-0.1, -0.05) is 17.7 Å². The molecule has 21 heavy (non-hydrogen) atoms. The maximum atomic E-state index is 10.9. The van der Waals surface area contributed by atoms with Crippen molar-refractivity contribution in [2.75, 3.05) is 10.6 Å². The van der Waals surface area contributed by atoms with E-state index in [-0.39, 0.29) is 5.91 Å². The molecular formula is C15H16ClN3OS. The molecule has 0 atom stereocenters. The van der Waals surface area contributed by atoms with E-state index in [4.69, 9.17) is 23.8 Å². The highest BCUT2D eigenvalue weighted by Crippen LogP contribution is 2.19. The van der Waals surface area contributed by atoms with E-state index in [0.29, 0.717) is 5.11 Å². The van der Waals surface area contributed by atoms with Gasteiger partial charge in [-0.25, -0.2) is 0 Å². The normalized spacial score (nSPS) is 13.8. The Bertz CT molecular complexity index is 608. The zero-order valence-corrected chi connectivity index (χ0v) is 13.1. The van der Waals surface area contributed by atoms with Crippen LogP contribution in [-0.4, -0.2) is 11.0 Å². The summed E-state index contributed by atoms with van der Waals surface area (Å²) in [5, 5.41) is 10.2. The monoisotopic (exact) mass is 321 g/mol. The van der Waals surface area contributed by atoms with Crippen LogP contribution in [-0.2, 0) is 4.79 Å². The first-order valence-corrected chi connectivity index (χ1v) is 7.33. The fourth-order valence-electron chi connectivity index (χ4n) is 1.89. The SMILES string of the molecule is CC(=O)Nc1ccc(NC(=S)NC2=CCCC(Cl)=C2)cc1. The van der Waals surface area contributed by atoms with Gasteiger partial charge in [-0.05, 0) is 55.4 Å². The zero-order chi connectivity index (χ0) is 15.2. The average molecular weight is 322 g/mol. The highest BCUT2D eigenvalue weighted by Gasteiger charge is 2.05. The number of nitrogens with one attached hydrogen (secondary N) is 3. The summed E-state index contributed by atoms with van der Waals surface area (Å²) in [5.41, 5.74) is 2.49. The largest absolute Gasteiger partial charge is 0.333 e. The van der Waals surface area contributed by atoms with Gasteiger partial charge in [-0.2, -0.15) is 0 Å². The molecule has 1 aliphatic carbocycles. The van der Waals surface area contributed by atoms with Crippen molar-refractivity contribution in [3.8, 4) is 0 Å². The number of halogens is 1. The number of anilines is 2. The third-order valence-electron chi connectivity index (χ3n) is 2.78. The summed E-state index contributed by atoms with van der Waals surface area (Å²) in [5.74, 6) is -0.0965. The second-order valence-electron chi connectivity index (χ2n) is 4.63. The van der Waals surface area contributed by atoms with Crippen LogP contribution >= 0.6 is 23.8 Å². The van der Waals surface area contributed by atoms with E-state index < -0.39 is 0 Å². The van der Waals surface area contributed by atoms with E-state index in [1.807, 2.05) is 30.3 Å². The molecule has 0 saturated heterocycles. The van der Waals surface area contributed by atoms with Gasteiger partial charge < -0.3 is 16.0 Å². The molecule has 0 unspecified atom stereocenters. The molecular weight excluding hydrogens is 306 g/mol. The number of allylic oxidation sites excluding steroid dienone is 3. The second-order valence-corrected chi connectivity index (χ2v) is 5.52. The highest BCUT2D eigenvalue weighted by atomic mass is 35.5. The van der Waals surface area contributed by atoms with Crippen molar-refractivity contribution in [3.05, 3.63) is 47.1 Å². The Labute approximate surface area is 134 Å². The Morgan fingerprint density at radius 2 is 1.76 bits per heavy atom. The van der Waals surface area contributed by atoms with Crippen molar-refractivity contribution in [2.24, 2.45) is 0 Å². The van der Waals surface area contributed by atoms with Crippen molar-refractivity contribution in [1.29, 1.82) is 0 Å². The molecule has 4 nitrogen and oxygen atoms in total. The topological polar surface area (TPSA) is 53.2 Å². The predicted molar refractivity (Wildman–Crippen MR) is 91.4 cm³/mol. The fourth-order valence-corrected chi connectivity index (χ4v) is 2.35. The van der Waals surface area contributed by atoms with Gasteiger partial charge in [0.05, 0.1) is 0 Å². The van der Waals surface area contributed by atoms with Crippen LogP contribution in [0.1, 0.15) is 19.8 Å². The lowest BCUT2D eigenvalue weighted by Gasteiger charge is -2.14. The van der Waals surface area contributed by atoms with E-state index in [1.165, 1.54) is 6.92 Å². The van der Waals surface area contributed by atoms with Crippen LogP contribution in [0, 0.1) is 0 Å². The Morgan fingerprint density at radius 3 is 2.33 bits per heavy atom. The fraction of sp³-hybridized carbons (Fsp3) is 0.200. The number of hydrogen-bond acceptors (Lipinski definition) is 2. The number of carbonyl (C=O) groups excluding carboxylic acids is 1. The van der Waals surface area contributed by atoms with Crippen LogP contribution in [0.2, 0.25) is 0 Å². The highest BCUT2D eigenvalue weighted by molar-refractivity contribution is 7.80. The third kappa shape index (κ3) is 5.21. The number of thiocarbonyl (C=S) groups is 1. The molecule has 0 spiro atoms. The van der Waals surface area contributed by atoms with Crippen LogP contribution in [0.3, 0.4) is 0 Å². The quantitative estimate of drug-likeness (QED) is 0.742. The summed E-state index contributed by atoms with van der Waals surface area (Å²) in [7, 11) is 0. The van der Waals surface area contributed by atoms with Gasteiger partial charge in [0, 0.05) is 29.0 Å². The standard InChI is InChI=1S/C15H16ClN3OS/c1-10(20)17-12-5-7-13(8-6-12)18-15(21)19-14-4-2-3-11(16)9-14/h4-9H,2-3H2,1H3,(H,17,20)(H2,18,19,21). The van der Waals surface area contributed by atoms with E-state index in [9.17, 15) is 4.79 Å². The molecule has 2 rings (SSSR count). The molecule has 1 aliphatic rings. The molecule has 1 amide bonds. The number of rotatable bonds is 3. The van der Waals surface area contributed by atoms with Gasteiger partial charge in [-0.3, -0.25) is 4.79 Å². The van der Waals surface area contributed by atoms with Crippen molar-refractivity contribution in [1.82, 2.24) is 5.32 Å². The molecule has 0 aromatic heterocycles. The molecule has 1 aromatic carbocycles. The molecule has 6 heteroatoms. The number of amides is 1. The zero-order valence-electron chi connectivity index (χ0n) is 11.6. The van der Waals surface area contributed by atoms with E-state index in [0.717, 1.165) is 34.9 Å². The minimum atomic E-state index is -0.0965. The molecule has 0 radical (unpaired) electrons. The summed E-state index contributed by atoms with van der Waals surface area (Å²) in [6.07, 6.45) is 5.71. The summed E-state index contributed by atoms with van der Waals surface area (Å²) in [6.45, 7) is 1.47. The minimum Gasteiger partial charge on any atom is -0.333 e. The number of carbonyl (C=O) groups is 1. The lowest BCUT2D eigenvalue weighted by molar-refractivity contribution is -0.114. The Morgan fingerprint density at radius 1 is 1.14 bits per heavy atom. The molecule has 0 heterocycles. The molecule has 0 bridgehead atoms. The van der Waals surface area contributed by atoms with E-state index >= 15 is 0 Å². The van der Waals surface area contributed by atoms with Crippen LogP contribution in [0.15, 0.2) is 47.1 Å². The van der Waals surface area contributed by atoms with Crippen LogP contribution in [0.25, 0.3) is 0 Å². The van der Waals surface area contributed by atoms with Crippen molar-refractivity contribution >= 4 is 46.2 Å². The molecule has 110 valence electrons. The maximum absolute atomic E-state index is 10.9. The van der Waals surface area contributed by atoms with Crippen LogP contribution in [0.4, 0.5) is 11.4 Å². The smallest absolute Gasteiger partial charge is 0.221 e. The van der Waals surface area contributed by atoms with Crippen molar-refractivity contribution in [2.45, 2.75) is 19.8 Å². The van der Waals surface area contributed by atoms with Crippen molar-refractivity contribution in [3.63, 3.8) is 0 Å². The van der Waals surface area contributed by atoms with Gasteiger partial charge in [0.1, 0.15) is 0 Å². The first-order chi connectivity index (χ1) is 10.0. The van der Waals surface area contributed by atoms with Gasteiger partial charge >= 0.3 is 0 Å². The van der Waals surface area contributed by atoms with Crippen LogP contribution < -0.4 is 16.0 Å². The maximum Gasteiger partial charge on any atom is 0.221 e.